The molecular formula is C18H21FN2O3. The van der Waals surface area contributed by atoms with E-state index in [1.165, 1.54) is 6.07 Å². The lowest BCUT2D eigenvalue weighted by atomic mass is 10.1. The van der Waals surface area contributed by atoms with Gasteiger partial charge in [-0.25, -0.2) is 4.39 Å². The van der Waals surface area contributed by atoms with Gasteiger partial charge in [-0.1, -0.05) is 18.2 Å². The summed E-state index contributed by atoms with van der Waals surface area (Å²) in [4.78, 5) is 11.8. The fourth-order valence-electron chi connectivity index (χ4n) is 2.23. The highest BCUT2D eigenvalue weighted by Gasteiger charge is 2.06. The average Bonchev–Trinajstić information content (AvgIpc) is 2.61. The Balaban J connectivity index is 1.78. The highest BCUT2D eigenvalue weighted by molar-refractivity contribution is 5.80. The number of halogens is 1. The van der Waals surface area contributed by atoms with Gasteiger partial charge in [-0.3, -0.25) is 4.79 Å². The van der Waals surface area contributed by atoms with Gasteiger partial charge < -0.3 is 20.1 Å². The second-order valence-corrected chi connectivity index (χ2v) is 5.11. The van der Waals surface area contributed by atoms with E-state index >= 15 is 0 Å². The summed E-state index contributed by atoms with van der Waals surface area (Å²) in [6.07, 6.45) is 0.453. The predicted molar refractivity (Wildman–Crippen MR) is 91.1 cm³/mol. The smallest absolute Gasteiger partial charge is 0.239 e. The van der Waals surface area contributed by atoms with E-state index in [-0.39, 0.29) is 18.3 Å². The zero-order valence-electron chi connectivity index (χ0n) is 13.8. The van der Waals surface area contributed by atoms with E-state index in [0.29, 0.717) is 30.0 Å². The average molecular weight is 332 g/mol. The number of hydrogen-bond acceptors (Lipinski definition) is 4. The third kappa shape index (κ3) is 4.87. The van der Waals surface area contributed by atoms with Crippen molar-refractivity contribution in [3.63, 3.8) is 0 Å². The molecule has 5 nitrogen and oxygen atoms in total. The lowest BCUT2D eigenvalue weighted by molar-refractivity contribution is -0.119. The van der Waals surface area contributed by atoms with Crippen molar-refractivity contribution in [2.24, 2.45) is 0 Å². The molecule has 2 aromatic rings. The minimum absolute atomic E-state index is 0.118. The third-order valence-corrected chi connectivity index (χ3v) is 3.51. The molecule has 0 aliphatic carbocycles. The highest BCUT2D eigenvalue weighted by atomic mass is 19.1. The third-order valence-electron chi connectivity index (χ3n) is 3.51. The van der Waals surface area contributed by atoms with Gasteiger partial charge in [0.05, 0.1) is 20.8 Å². The molecule has 0 aromatic heterocycles. The number of carbonyl (C=O) groups is 1. The number of rotatable bonds is 8. The van der Waals surface area contributed by atoms with Gasteiger partial charge in [-0.05, 0) is 30.2 Å². The van der Waals surface area contributed by atoms with Crippen molar-refractivity contribution >= 4 is 11.6 Å². The van der Waals surface area contributed by atoms with Crippen LogP contribution in [0, 0.1) is 5.82 Å². The monoisotopic (exact) mass is 332 g/mol. The molecule has 0 atom stereocenters. The van der Waals surface area contributed by atoms with Crippen LogP contribution in [-0.2, 0) is 11.2 Å². The van der Waals surface area contributed by atoms with Crippen molar-refractivity contribution in [1.29, 1.82) is 0 Å². The van der Waals surface area contributed by atoms with Crippen molar-refractivity contribution in [1.82, 2.24) is 5.32 Å². The van der Waals surface area contributed by atoms with E-state index in [2.05, 4.69) is 10.6 Å². The Bertz CT molecular complexity index is 692. The summed E-state index contributed by atoms with van der Waals surface area (Å²) in [6, 6.07) is 11.9. The maximum Gasteiger partial charge on any atom is 0.239 e. The summed E-state index contributed by atoms with van der Waals surface area (Å²) in [5.41, 5.74) is 1.34. The quantitative estimate of drug-likeness (QED) is 0.780. The fourth-order valence-corrected chi connectivity index (χ4v) is 2.23. The van der Waals surface area contributed by atoms with Crippen LogP contribution in [0.5, 0.6) is 11.5 Å². The number of amides is 1. The molecule has 6 heteroatoms. The van der Waals surface area contributed by atoms with Crippen LogP contribution in [0.4, 0.5) is 10.1 Å². The Hall–Kier alpha value is -2.76. The van der Waals surface area contributed by atoms with E-state index in [0.717, 1.165) is 5.69 Å². The Morgan fingerprint density at radius 3 is 2.54 bits per heavy atom. The molecule has 2 aromatic carbocycles. The highest BCUT2D eigenvalue weighted by Crippen LogP contribution is 2.29. The minimum Gasteiger partial charge on any atom is -0.493 e. The first-order valence-corrected chi connectivity index (χ1v) is 7.60. The summed E-state index contributed by atoms with van der Waals surface area (Å²) in [7, 11) is 3.12. The SMILES string of the molecule is COc1ccc(NCC(=O)NCCc2ccccc2F)cc1OC. The summed E-state index contributed by atoms with van der Waals surface area (Å²) in [5.74, 6) is 0.788. The molecule has 0 aliphatic rings. The molecule has 0 heterocycles. The van der Waals surface area contributed by atoms with Crippen LogP contribution in [0.3, 0.4) is 0 Å². The van der Waals surface area contributed by atoms with Crippen molar-refractivity contribution in [2.45, 2.75) is 6.42 Å². The number of anilines is 1. The van der Waals surface area contributed by atoms with Gasteiger partial charge in [0.15, 0.2) is 11.5 Å². The lowest BCUT2D eigenvalue weighted by Crippen LogP contribution is -2.31. The standard InChI is InChI=1S/C18H21FN2O3/c1-23-16-8-7-14(11-17(16)24-2)21-12-18(22)20-10-9-13-5-3-4-6-15(13)19/h3-8,11,21H,9-10,12H2,1-2H3,(H,20,22). The topological polar surface area (TPSA) is 59.6 Å². The normalized spacial score (nSPS) is 10.1. The Morgan fingerprint density at radius 1 is 1.08 bits per heavy atom. The molecule has 0 fully saturated rings. The number of carbonyl (C=O) groups excluding carboxylic acids is 1. The molecule has 2 rings (SSSR count). The van der Waals surface area contributed by atoms with Crippen LogP contribution >= 0.6 is 0 Å². The van der Waals surface area contributed by atoms with Crippen LogP contribution < -0.4 is 20.1 Å². The largest absolute Gasteiger partial charge is 0.493 e. The van der Waals surface area contributed by atoms with Gasteiger partial charge in [-0.15, -0.1) is 0 Å². The second kappa shape index (κ2) is 8.76. The molecule has 0 spiro atoms. The van der Waals surface area contributed by atoms with E-state index in [9.17, 15) is 9.18 Å². The molecule has 2 N–H and O–H groups in total. The van der Waals surface area contributed by atoms with Crippen molar-refractivity contribution in [2.75, 3.05) is 32.6 Å². The van der Waals surface area contributed by atoms with Crippen LogP contribution in [0.2, 0.25) is 0 Å². The van der Waals surface area contributed by atoms with Gasteiger partial charge in [0.1, 0.15) is 5.82 Å². The van der Waals surface area contributed by atoms with Crippen LogP contribution in [-0.4, -0.2) is 33.2 Å². The summed E-state index contributed by atoms with van der Waals surface area (Å²) < 4.78 is 23.8. The molecule has 24 heavy (non-hydrogen) atoms. The van der Waals surface area contributed by atoms with Gasteiger partial charge in [0.25, 0.3) is 0 Å². The molecule has 0 saturated carbocycles. The van der Waals surface area contributed by atoms with E-state index in [1.54, 1.807) is 50.6 Å². The summed E-state index contributed by atoms with van der Waals surface area (Å²) >= 11 is 0. The van der Waals surface area contributed by atoms with Gasteiger partial charge >= 0.3 is 0 Å². The molecule has 0 bridgehead atoms. The number of ether oxygens (including phenoxy) is 2. The van der Waals surface area contributed by atoms with E-state index in [1.807, 2.05) is 0 Å². The van der Waals surface area contributed by atoms with Crippen LogP contribution in [0.1, 0.15) is 5.56 Å². The molecular weight excluding hydrogens is 311 g/mol. The number of nitrogens with one attached hydrogen (secondary N) is 2. The molecule has 0 aliphatic heterocycles. The fraction of sp³-hybridized carbons (Fsp3) is 0.278. The molecule has 0 saturated heterocycles. The number of hydrogen-bond donors (Lipinski definition) is 2. The van der Waals surface area contributed by atoms with Crippen molar-refractivity contribution < 1.29 is 18.7 Å². The minimum atomic E-state index is -0.254. The predicted octanol–water partition coefficient (Wildman–Crippen LogP) is 2.61. The van der Waals surface area contributed by atoms with Gasteiger partial charge in [0.2, 0.25) is 5.91 Å². The Morgan fingerprint density at radius 2 is 1.83 bits per heavy atom. The first kappa shape index (κ1) is 17.6. The zero-order chi connectivity index (χ0) is 17.4. The zero-order valence-corrected chi connectivity index (χ0v) is 13.8. The molecule has 1 amide bonds. The molecule has 0 unspecified atom stereocenters. The van der Waals surface area contributed by atoms with E-state index in [4.69, 9.17) is 9.47 Å². The first-order chi connectivity index (χ1) is 11.6. The Labute approximate surface area is 140 Å². The first-order valence-electron chi connectivity index (χ1n) is 7.60. The lowest BCUT2D eigenvalue weighted by Gasteiger charge is -2.11. The number of methoxy groups -OCH3 is 2. The van der Waals surface area contributed by atoms with Crippen molar-refractivity contribution in [3.8, 4) is 11.5 Å². The van der Waals surface area contributed by atoms with Crippen LogP contribution in [0.25, 0.3) is 0 Å². The number of benzene rings is 2. The molecule has 0 radical (unpaired) electrons. The van der Waals surface area contributed by atoms with Gasteiger partial charge in [0, 0.05) is 18.3 Å². The Kier molecular flexibility index (Phi) is 6.42. The summed E-state index contributed by atoms with van der Waals surface area (Å²) in [6.45, 7) is 0.500. The van der Waals surface area contributed by atoms with E-state index < -0.39 is 0 Å². The van der Waals surface area contributed by atoms with Crippen molar-refractivity contribution in [3.05, 3.63) is 53.8 Å². The van der Waals surface area contributed by atoms with Gasteiger partial charge in [-0.2, -0.15) is 0 Å². The summed E-state index contributed by atoms with van der Waals surface area (Å²) in [5, 5.41) is 5.76. The van der Waals surface area contributed by atoms with Crippen LogP contribution in [0.15, 0.2) is 42.5 Å². The second-order valence-electron chi connectivity index (χ2n) is 5.11. The maximum atomic E-state index is 13.5. The maximum absolute atomic E-state index is 13.5. The molecule has 128 valence electrons.